The number of fused-ring (bicyclic) bond motifs is 2. The first-order valence-electron chi connectivity index (χ1n) is 11.1. The molecule has 2 spiro atoms. The third kappa shape index (κ3) is 1.44. The van der Waals surface area contributed by atoms with Crippen LogP contribution in [-0.4, -0.2) is 46.5 Å². The van der Waals surface area contributed by atoms with E-state index in [1.165, 1.54) is 10.5 Å². The third-order valence-corrected chi connectivity index (χ3v) is 11.0. The lowest BCUT2D eigenvalue weighted by Gasteiger charge is -2.80. The number of hydrogen-bond acceptors (Lipinski definition) is 7. The Morgan fingerprint density at radius 3 is 2.80 bits per heavy atom. The predicted molar refractivity (Wildman–Crippen MR) is 111 cm³/mol. The van der Waals surface area contributed by atoms with Crippen LogP contribution < -0.4 is 5.32 Å². The van der Waals surface area contributed by atoms with Crippen LogP contribution in [0.4, 0.5) is 5.13 Å². The summed E-state index contributed by atoms with van der Waals surface area (Å²) in [6.45, 7) is 6.76. The molecule has 3 saturated carbocycles. The summed E-state index contributed by atoms with van der Waals surface area (Å²) in [5.41, 5.74) is 1.31. The number of thiazole rings is 1. The minimum atomic E-state index is -1.80. The van der Waals surface area contributed by atoms with Gasteiger partial charge in [0.1, 0.15) is 11.5 Å². The summed E-state index contributed by atoms with van der Waals surface area (Å²) in [7, 11) is 1.88. The maximum atomic E-state index is 13.7. The second-order valence-electron chi connectivity index (χ2n) is 11.2. The van der Waals surface area contributed by atoms with Gasteiger partial charge in [0.15, 0.2) is 10.9 Å². The number of carbonyl (C=O) groups is 1. The number of allylic oxidation sites excluding steroid dienone is 2. The molecule has 2 aliphatic heterocycles. The number of hydrogen-bond donors (Lipinski definition) is 3. The molecule has 8 atom stereocenters. The first-order chi connectivity index (χ1) is 14.2. The molecular formula is C23H28N2O4S. The molecule has 5 aliphatic carbocycles. The Balaban J connectivity index is 1.54. The van der Waals surface area contributed by atoms with Crippen LogP contribution in [0.5, 0.6) is 0 Å². The highest BCUT2D eigenvalue weighted by Gasteiger charge is 2.89. The number of nitrogens with zero attached hydrogens (tertiary/aromatic N) is 1. The van der Waals surface area contributed by atoms with Crippen molar-refractivity contribution in [3.8, 4) is 0 Å². The number of aromatic nitrogens is 1. The number of ketones is 1. The lowest BCUT2D eigenvalue weighted by molar-refractivity contribution is -0.436. The van der Waals surface area contributed by atoms with Crippen molar-refractivity contribution >= 4 is 22.3 Å². The average Bonchev–Trinajstić information content (AvgIpc) is 3.10. The summed E-state index contributed by atoms with van der Waals surface area (Å²) < 4.78 is 6.21. The fourth-order valence-electron chi connectivity index (χ4n) is 9.15. The van der Waals surface area contributed by atoms with Crippen molar-refractivity contribution in [2.75, 3.05) is 19.0 Å². The van der Waals surface area contributed by atoms with Crippen molar-refractivity contribution in [3.63, 3.8) is 0 Å². The van der Waals surface area contributed by atoms with E-state index in [4.69, 9.17) is 9.72 Å². The van der Waals surface area contributed by atoms with Gasteiger partial charge in [-0.05, 0) is 43.4 Å². The summed E-state index contributed by atoms with van der Waals surface area (Å²) >= 11 is 1.68. The number of anilines is 1. The van der Waals surface area contributed by atoms with Crippen LogP contribution in [-0.2, 0) is 21.4 Å². The first-order valence-corrected chi connectivity index (χ1v) is 12.0. The van der Waals surface area contributed by atoms with E-state index < -0.39 is 22.7 Å². The normalized spacial score (nSPS) is 51.3. The van der Waals surface area contributed by atoms with E-state index in [2.05, 4.69) is 26.1 Å². The number of ether oxygens (including phenoxy) is 1. The molecule has 3 heterocycles. The molecule has 1 aromatic rings. The zero-order chi connectivity index (χ0) is 21.0. The second kappa shape index (κ2) is 4.87. The highest BCUT2D eigenvalue weighted by Crippen LogP contribution is 2.82. The Morgan fingerprint density at radius 1 is 1.30 bits per heavy atom. The molecule has 0 amide bonds. The molecule has 7 heteroatoms. The summed E-state index contributed by atoms with van der Waals surface area (Å²) in [4.78, 5) is 19.9. The van der Waals surface area contributed by atoms with E-state index in [-0.39, 0.29) is 29.0 Å². The van der Waals surface area contributed by atoms with Crippen LogP contribution in [0, 0.1) is 34.5 Å². The van der Waals surface area contributed by atoms with Crippen molar-refractivity contribution < 1.29 is 19.7 Å². The van der Waals surface area contributed by atoms with E-state index >= 15 is 0 Å². The zero-order valence-corrected chi connectivity index (χ0v) is 18.6. The van der Waals surface area contributed by atoms with Crippen molar-refractivity contribution in [1.29, 1.82) is 0 Å². The molecule has 5 fully saturated rings. The molecule has 2 saturated heterocycles. The number of Topliss-reactive ketones (excluding diaryl/α,β-unsaturated/α-hetero) is 1. The Morgan fingerprint density at radius 2 is 2.07 bits per heavy atom. The summed E-state index contributed by atoms with van der Waals surface area (Å²) in [6.07, 6.45) is 1.62. The quantitative estimate of drug-likeness (QED) is 0.636. The summed E-state index contributed by atoms with van der Waals surface area (Å²) in [5.74, 6) is -1.66. The molecule has 0 radical (unpaired) electrons. The van der Waals surface area contributed by atoms with Gasteiger partial charge in [0.25, 0.3) is 0 Å². The van der Waals surface area contributed by atoms with Gasteiger partial charge in [0.05, 0.1) is 12.3 Å². The predicted octanol–water partition coefficient (Wildman–Crippen LogP) is 2.26. The topological polar surface area (TPSA) is 91.7 Å². The van der Waals surface area contributed by atoms with E-state index in [1.807, 2.05) is 7.05 Å². The van der Waals surface area contributed by atoms with Gasteiger partial charge in [0.2, 0.25) is 5.79 Å². The summed E-state index contributed by atoms with van der Waals surface area (Å²) in [6, 6.07) is 0. The van der Waals surface area contributed by atoms with Gasteiger partial charge in [-0.1, -0.05) is 19.4 Å². The third-order valence-electron chi connectivity index (χ3n) is 9.95. The number of nitrogens with one attached hydrogen (secondary N) is 1. The molecular weight excluding hydrogens is 400 g/mol. The first kappa shape index (κ1) is 18.3. The van der Waals surface area contributed by atoms with Crippen LogP contribution in [0.3, 0.4) is 0 Å². The Labute approximate surface area is 179 Å². The van der Waals surface area contributed by atoms with E-state index in [0.29, 0.717) is 12.5 Å². The Bertz CT molecular complexity index is 1080. The van der Waals surface area contributed by atoms with Gasteiger partial charge in [-0.2, -0.15) is 0 Å². The monoisotopic (exact) mass is 428 g/mol. The van der Waals surface area contributed by atoms with Gasteiger partial charge < -0.3 is 20.3 Å². The minimum Gasteiger partial charge on any atom is -0.387 e. The van der Waals surface area contributed by atoms with Crippen molar-refractivity contribution in [1.82, 2.24) is 4.98 Å². The Kier molecular flexibility index (Phi) is 2.97. The molecule has 0 aromatic carbocycles. The molecule has 7 aliphatic rings. The van der Waals surface area contributed by atoms with Gasteiger partial charge in [-0.25, -0.2) is 4.98 Å². The maximum Gasteiger partial charge on any atom is 0.206 e. The molecule has 1 aromatic heterocycles. The van der Waals surface area contributed by atoms with Gasteiger partial charge in [-0.15, -0.1) is 11.3 Å². The SMILES string of the molecule is CNc1nc2c(s1)CC(C)(C)C1C(O)C3(O)OCC21C1CCC2C(C)=C4C(=O)C13C42. The molecule has 3 N–H and O–H groups in total. The average molecular weight is 429 g/mol. The molecule has 160 valence electrons. The van der Waals surface area contributed by atoms with E-state index in [0.717, 1.165) is 35.7 Å². The Hall–Kier alpha value is -1.28. The zero-order valence-electron chi connectivity index (χ0n) is 17.8. The van der Waals surface area contributed by atoms with E-state index in [9.17, 15) is 15.0 Å². The maximum absolute atomic E-state index is 13.7. The fourth-order valence-corrected chi connectivity index (χ4v) is 10.4. The smallest absolute Gasteiger partial charge is 0.206 e. The fraction of sp³-hybridized carbons (Fsp3) is 0.739. The van der Waals surface area contributed by atoms with Crippen LogP contribution in [0.1, 0.15) is 44.2 Å². The molecule has 6 nitrogen and oxygen atoms in total. The van der Waals surface area contributed by atoms with Gasteiger partial charge in [-0.3, -0.25) is 4.79 Å². The number of rotatable bonds is 1. The van der Waals surface area contributed by atoms with Crippen LogP contribution >= 0.6 is 11.3 Å². The number of aliphatic hydroxyl groups is 2. The van der Waals surface area contributed by atoms with Crippen molar-refractivity contribution in [2.24, 2.45) is 34.5 Å². The van der Waals surface area contributed by atoms with Crippen LogP contribution in [0.25, 0.3) is 0 Å². The lowest BCUT2D eigenvalue weighted by atomic mass is 9.26. The van der Waals surface area contributed by atoms with E-state index in [1.54, 1.807) is 11.3 Å². The number of aliphatic hydroxyl groups excluding tert-OH is 1. The van der Waals surface area contributed by atoms with Crippen LogP contribution in [0.15, 0.2) is 11.1 Å². The lowest BCUT2D eigenvalue weighted by Crippen LogP contribution is -2.90. The second-order valence-corrected chi connectivity index (χ2v) is 12.2. The largest absolute Gasteiger partial charge is 0.387 e. The highest BCUT2D eigenvalue weighted by molar-refractivity contribution is 7.15. The molecule has 2 bridgehead atoms. The van der Waals surface area contributed by atoms with Gasteiger partial charge >= 0.3 is 0 Å². The van der Waals surface area contributed by atoms with Crippen molar-refractivity contribution in [3.05, 3.63) is 21.7 Å². The number of carbonyl (C=O) groups excluding carboxylic acids is 1. The highest BCUT2D eigenvalue weighted by atomic mass is 32.1. The molecule has 8 rings (SSSR count). The minimum absolute atomic E-state index is 0.0254. The summed E-state index contributed by atoms with van der Waals surface area (Å²) in [5, 5.41) is 27.8. The molecule has 30 heavy (non-hydrogen) atoms. The standard InChI is InChI=1S/C23H28N2O4S/c1-9-10-5-6-12-21-8-29-23(28,22(12)14(10)13(9)17(22)26)18(27)15(21)20(2,3)7-11-16(21)25-19(24-4)30-11/h10,12,14-15,18,27-28H,5-8H2,1-4H3,(H,24,25). The van der Waals surface area contributed by atoms with Crippen molar-refractivity contribution in [2.45, 2.75) is 57.3 Å². The molecule has 8 unspecified atom stereocenters. The van der Waals surface area contributed by atoms with Gasteiger partial charge in [0, 0.05) is 34.7 Å². The van der Waals surface area contributed by atoms with Crippen LogP contribution in [0.2, 0.25) is 0 Å².